The van der Waals surface area contributed by atoms with E-state index in [0.29, 0.717) is 6.54 Å². The molecule has 0 aliphatic heterocycles. The lowest BCUT2D eigenvalue weighted by molar-refractivity contribution is -0.121. The summed E-state index contributed by atoms with van der Waals surface area (Å²) in [6, 6.07) is 8.27. The van der Waals surface area contributed by atoms with Crippen LogP contribution < -0.4 is 5.32 Å². The highest BCUT2D eigenvalue weighted by molar-refractivity contribution is 5.83. The summed E-state index contributed by atoms with van der Waals surface area (Å²) in [6.45, 7) is 2.43. The van der Waals surface area contributed by atoms with E-state index in [9.17, 15) is 4.79 Å². The number of likely N-dealkylation sites (N-methyl/N-ethyl adjacent to an activating group) is 1. The highest BCUT2D eigenvalue weighted by Crippen LogP contribution is 2.17. The van der Waals surface area contributed by atoms with Gasteiger partial charge in [-0.3, -0.25) is 4.79 Å². The Hall–Kier alpha value is -1.77. The Bertz CT molecular complexity index is 499. The van der Waals surface area contributed by atoms with E-state index in [1.165, 1.54) is 10.9 Å². The minimum Gasteiger partial charge on any atom is -0.358 e. The predicted molar refractivity (Wildman–Crippen MR) is 60.7 cm³/mol. The van der Waals surface area contributed by atoms with Gasteiger partial charge in [0.15, 0.2) is 0 Å². The van der Waals surface area contributed by atoms with Gasteiger partial charge in [-0.15, -0.1) is 0 Å². The molecule has 0 spiro atoms. The zero-order chi connectivity index (χ0) is 10.8. The van der Waals surface area contributed by atoms with Gasteiger partial charge in [-0.2, -0.15) is 0 Å². The van der Waals surface area contributed by atoms with E-state index in [0.717, 1.165) is 5.52 Å². The molecule has 0 saturated carbocycles. The molecule has 0 aliphatic carbocycles. The lowest BCUT2D eigenvalue weighted by Gasteiger charge is -2.04. The van der Waals surface area contributed by atoms with Gasteiger partial charge in [0.2, 0.25) is 5.91 Å². The Kier molecular flexibility index (Phi) is 2.46. The van der Waals surface area contributed by atoms with Crippen molar-refractivity contribution in [2.24, 2.45) is 0 Å². The van der Waals surface area contributed by atoms with Crippen LogP contribution in [0.15, 0.2) is 30.5 Å². The van der Waals surface area contributed by atoms with Crippen molar-refractivity contribution in [2.45, 2.75) is 13.5 Å². The molecular weight excluding hydrogens is 188 g/mol. The standard InChI is InChI=1S/C12H14N2O/c1-9-3-4-10-5-6-14(11(10)7-9)8-12(15)13-2/h3-7H,8H2,1-2H3,(H,13,15). The molecule has 0 saturated heterocycles. The zero-order valence-corrected chi connectivity index (χ0v) is 8.95. The SMILES string of the molecule is CNC(=O)Cn1ccc2ccc(C)cc21. The molecule has 0 atom stereocenters. The van der Waals surface area contributed by atoms with E-state index >= 15 is 0 Å². The third-order valence-electron chi connectivity index (χ3n) is 2.52. The maximum absolute atomic E-state index is 11.3. The van der Waals surface area contributed by atoms with E-state index in [-0.39, 0.29) is 5.91 Å². The Morgan fingerprint density at radius 2 is 2.20 bits per heavy atom. The smallest absolute Gasteiger partial charge is 0.239 e. The van der Waals surface area contributed by atoms with E-state index in [4.69, 9.17) is 0 Å². The van der Waals surface area contributed by atoms with Gasteiger partial charge < -0.3 is 9.88 Å². The fraction of sp³-hybridized carbons (Fsp3) is 0.250. The number of nitrogens with one attached hydrogen (secondary N) is 1. The lowest BCUT2D eigenvalue weighted by atomic mass is 10.2. The van der Waals surface area contributed by atoms with Gasteiger partial charge in [0.05, 0.1) is 0 Å². The molecule has 1 aromatic carbocycles. The molecule has 2 rings (SSSR count). The van der Waals surface area contributed by atoms with Crippen molar-refractivity contribution in [3.63, 3.8) is 0 Å². The van der Waals surface area contributed by atoms with Crippen LogP contribution in [-0.4, -0.2) is 17.5 Å². The summed E-state index contributed by atoms with van der Waals surface area (Å²) in [5.74, 6) is 0.0222. The average molecular weight is 202 g/mol. The number of nitrogens with zero attached hydrogens (tertiary/aromatic N) is 1. The van der Waals surface area contributed by atoms with Crippen LogP contribution in [0.5, 0.6) is 0 Å². The molecular formula is C12H14N2O. The number of amides is 1. The molecule has 1 N–H and O–H groups in total. The lowest BCUT2D eigenvalue weighted by Crippen LogP contribution is -2.22. The Labute approximate surface area is 88.7 Å². The predicted octanol–water partition coefficient (Wildman–Crippen LogP) is 1.70. The Balaban J connectivity index is 2.43. The summed E-state index contributed by atoms with van der Waals surface area (Å²) >= 11 is 0. The van der Waals surface area contributed by atoms with Crippen molar-refractivity contribution in [1.82, 2.24) is 9.88 Å². The first-order valence-corrected chi connectivity index (χ1v) is 4.97. The summed E-state index contributed by atoms with van der Waals surface area (Å²) in [4.78, 5) is 11.3. The monoisotopic (exact) mass is 202 g/mol. The highest BCUT2D eigenvalue weighted by Gasteiger charge is 2.04. The van der Waals surface area contributed by atoms with Gasteiger partial charge in [0, 0.05) is 18.8 Å². The van der Waals surface area contributed by atoms with Crippen molar-refractivity contribution in [3.8, 4) is 0 Å². The first-order valence-electron chi connectivity index (χ1n) is 4.97. The number of rotatable bonds is 2. The topological polar surface area (TPSA) is 34.0 Å². The summed E-state index contributed by atoms with van der Waals surface area (Å²) in [6.07, 6.45) is 1.94. The van der Waals surface area contributed by atoms with Crippen molar-refractivity contribution in [3.05, 3.63) is 36.0 Å². The number of aryl methyl sites for hydroxylation is 1. The van der Waals surface area contributed by atoms with Crippen LogP contribution in [0.1, 0.15) is 5.56 Å². The normalized spacial score (nSPS) is 10.5. The van der Waals surface area contributed by atoms with Crippen molar-refractivity contribution < 1.29 is 4.79 Å². The third kappa shape index (κ3) is 1.86. The minimum atomic E-state index is 0.0222. The molecule has 3 heteroatoms. The van der Waals surface area contributed by atoms with Crippen LogP contribution in [0.25, 0.3) is 10.9 Å². The molecule has 3 nitrogen and oxygen atoms in total. The van der Waals surface area contributed by atoms with Gasteiger partial charge >= 0.3 is 0 Å². The summed E-state index contributed by atoms with van der Waals surface area (Å²) in [5.41, 5.74) is 2.32. The number of hydrogen-bond acceptors (Lipinski definition) is 1. The van der Waals surface area contributed by atoms with Gasteiger partial charge in [0.25, 0.3) is 0 Å². The second-order valence-electron chi connectivity index (χ2n) is 3.68. The van der Waals surface area contributed by atoms with Crippen molar-refractivity contribution in [1.29, 1.82) is 0 Å². The molecule has 1 heterocycles. The molecule has 0 radical (unpaired) electrons. The number of fused-ring (bicyclic) bond motifs is 1. The molecule has 2 aromatic rings. The quantitative estimate of drug-likeness (QED) is 0.790. The molecule has 1 aromatic heterocycles. The number of hydrogen-bond donors (Lipinski definition) is 1. The van der Waals surface area contributed by atoms with Gasteiger partial charge in [0.1, 0.15) is 6.54 Å². The van der Waals surface area contributed by atoms with Crippen LogP contribution >= 0.6 is 0 Å². The van der Waals surface area contributed by atoms with Crippen molar-refractivity contribution >= 4 is 16.8 Å². The Morgan fingerprint density at radius 1 is 1.40 bits per heavy atom. The molecule has 0 fully saturated rings. The van der Waals surface area contributed by atoms with Crippen LogP contribution in [0.2, 0.25) is 0 Å². The number of benzene rings is 1. The first kappa shape index (κ1) is 9.77. The van der Waals surface area contributed by atoms with Gasteiger partial charge in [-0.25, -0.2) is 0 Å². The zero-order valence-electron chi connectivity index (χ0n) is 8.95. The average Bonchev–Trinajstić information content (AvgIpc) is 2.61. The van der Waals surface area contributed by atoms with Crippen LogP contribution in [-0.2, 0) is 11.3 Å². The number of carbonyl (C=O) groups is 1. The second-order valence-corrected chi connectivity index (χ2v) is 3.68. The minimum absolute atomic E-state index is 0.0222. The number of carbonyl (C=O) groups excluding carboxylic acids is 1. The van der Waals surface area contributed by atoms with E-state index in [1.54, 1.807) is 7.05 Å². The van der Waals surface area contributed by atoms with Crippen LogP contribution in [0, 0.1) is 6.92 Å². The third-order valence-corrected chi connectivity index (χ3v) is 2.52. The fourth-order valence-electron chi connectivity index (χ4n) is 1.67. The van der Waals surface area contributed by atoms with E-state index in [2.05, 4.69) is 30.4 Å². The molecule has 0 bridgehead atoms. The first-order chi connectivity index (χ1) is 7.20. The molecule has 78 valence electrons. The molecule has 1 amide bonds. The second kappa shape index (κ2) is 3.77. The molecule has 0 aliphatic rings. The summed E-state index contributed by atoms with van der Waals surface area (Å²) < 4.78 is 1.96. The maximum atomic E-state index is 11.3. The van der Waals surface area contributed by atoms with Gasteiger partial charge in [-0.1, -0.05) is 12.1 Å². The Morgan fingerprint density at radius 3 is 2.93 bits per heavy atom. The summed E-state index contributed by atoms with van der Waals surface area (Å²) in [7, 11) is 1.65. The maximum Gasteiger partial charge on any atom is 0.239 e. The molecule has 15 heavy (non-hydrogen) atoms. The molecule has 0 unspecified atom stereocenters. The van der Waals surface area contributed by atoms with E-state index < -0.39 is 0 Å². The van der Waals surface area contributed by atoms with Crippen LogP contribution in [0.3, 0.4) is 0 Å². The number of aromatic nitrogens is 1. The van der Waals surface area contributed by atoms with Gasteiger partial charge in [-0.05, 0) is 30.0 Å². The fourth-order valence-corrected chi connectivity index (χ4v) is 1.67. The van der Waals surface area contributed by atoms with Crippen LogP contribution in [0.4, 0.5) is 0 Å². The van der Waals surface area contributed by atoms with E-state index in [1.807, 2.05) is 16.8 Å². The van der Waals surface area contributed by atoms with Crippen molar-refractivity contribution in [2.75, 3.05) is 7.05 Å². The highest BCUT2D eigenvalue weighted by atomic mass is 16.1. The summed E-state index contributed by atoms with van der Waals surface area (Å²) in [5, 5.41) is 3.79. The largest absolute Gasteiger partial charge is 0.358 e.